The van der Waals surface area contributed by atoms with E-state index in [1.54, 1.807) is 36.7 Å². The number of hydrogen-bond donors (Lipinski definition) is 1. The second-order valence-corrected chi connectivity index (χ2v) is 3.18. The third kappa shape index (κ3) is 1.92. The molecule has 0 unspecified atom stereocenters. The molecule has 2 rings (SSSR count). The first kappa shape index (κ1) is 9.93. The highest BCUT2D eigenvalue weighted by Gasteiger charge is 2.08. The van der Waals surface area contributed by atoms with Gasteiger partial charge in [-0.3, -0.25) is 9.82 Å². The summed E-state index contributed by atoms with van der Waals surface area (Å²) in [5.41, 5.74) is 1.78. The molecule has 0 fully saturated rings. The smallest absolute Gasteiger partial charge is 0.131 e. The van der Waals surface area contributed by atoms with Gasteiger partial charge in [0.15, 0.2) is 0 Å². The van der Waals surface area contributed by atoms with Gasteiger partial charge in [-0.25, -0.2) is 4.39 Å². The molecule has 0 aliphatic heterocycles. The number of hydrogen-bond acceptors (Lipinski definition) is 2. The van der Waals surface area contributed by atoms with Crippen LogP contribution in [0.25, 0.3) is 11.1 Å². The van der Waals surface area contributed by atoms with E-state index < -0.39 is 0 Å². The summed E-state index contributed by atoms with van der Waals surface area (Å²) in [4.78, 5) is 6.37. The normalized spacial score (nSPS) is 10.0. The fourth-order valence-corrected chi connectivity index (χ4v) is 1.53. The zero-order valence-electron chi connectivity index (χ0n) is 7.74. The van der Waals surface area contributed by atoms with Gasteiger partial charge in [-0.2, -0.15) is 0 Å². The summed E-state index contributed by atoms with van der Waals surface area (Å²) in [5, 5.41) is 0. The molecule has 0 radical (unpaired) electrons. The molecule has 76 valence electrons. The first-order chi connectivity index (χ1) is 7.33. The fraction of sp³-hybridized carbons (Fsp3) is 0. The maximum atomic E-state index is 13.5. The Morgan fingerprint density at radius 3 is 2.67 bits per heavy atom. The molecule has 2 aromatic rings. The van der Waals surface area contributed by atoms with Gasteiger partial charge in [-0.05, 0) is 12.1 Å². The van der Waals surface area contributed by atoms with E-state index in [1.165, 1.54) is 6.07 Å². The highest BCUT2D eigenvalue weighted by Crippen LogP contribution is 2.29. The van der Waals surface area contributed by atoms with Crippen molar-refractivity contribution in [2.75, 3.05) is 4.84 Å². The number of aromatic nitrogens is 1. The van der Waals surface area contributed by atoms with E-state index >= 15 is 0 Å². The van der Waals surface area contributed by atoms with Crippen LogP contribution in [0, 0.1) is 5.82 Å². The van der Waals surface area contributed by atoms with Gasteiger partial charge in [0.25, 0.3) is 0 Å². The topological polar surface area (TPSA) is 24.9 Å². The third-order valence-electron chi connectivity index (χ3n) is 2.09. The van der Waals surface area contributed by atoms with Crippen LogP contribution < -0.4 is 4.84 Å². The Hall–Kier alpha value is -1.61. The van der Waals surface area contributed by atoms with E-state index in [9.17, 15) is 4.39 Å². The first-order valence-corrected chi connectivity index (χ1v) is 4.76. The summed E-state index contributed by atoms with van der Waals surface area (Å²) in [6.45, 7) is 0. The number of rotatable bonds is 2. The van der Waals surface area contributed by atoms with Crippen molar-refractivity contribution in [3.63, 3.8) is 0 Å². The molecule has 1 N–H and O–H groups in total. The molecule has 0 atom stereocenters. The zero-order valence-corrected chi connectivity index (χ0v) is 8.50. The lowest BCUT2D eigenvalue weighted by molar-refractivity contribution is 0.631. The van der Waals surface area contributed by atoms with E-state index in [2.05, 4.69) is 9.82 Å². The Balaban J connectivity index is 2.59. The van der Waals surface area contributed by atoms with E-state index in [0.717, 1.165) is 0 Å². The minimum atomic E-state index is -0.281. The summed E-state index contributed by atoms with van der Waals surface area (Å²) in [7, 11) is 0. The van der Waals surface area contributed by atoms with Crippen molar-refractivity contribution in [1.29, 1.82) is 0 Å². The highest BCUT2D eigenvalue weighted by molar-refractivity contribution is 6.24. The minimum Gasteiger partial charge on any atom is -0.296 e. The van der Waals surface area contributed by atoms with Gasteiger partial charge in [0, 0.05) is 29.1 Å². The van der Waals surface area contributed by atoms with Crippen LogP contribution in [0.2, 0.25) is 0 Å². The quantitative estimate of drug-likeness (QED) is 0.788. The van der Waals surface area contributed by atoms with Gasteiger partial charge in [0.1, 0.15) is 5.82 Å². The van der Waals surface area contributed by atoms with Crippen molar-refractivity contribution in [2.45, 2.75) is 0 Å². The lowest BCUT2D eigenvalue weighted by atomic mass is 10.1. The number of nitrogens with zero attached hydrogens (tertiary/aromatic N) is 1. The monoisotopic (exact) mass is 222 g/mol. The summed E-state index contributed by atoms with van der Waals surface area (Å²) in [6.07, 6.45) is 3.15. The molecule has 0 saturated carbocycles. The van der Waals surface area contributed by atoms with Crippen molar-refractivity contribution >= 4 is 17.5 Å². The van der Waals surface area contributed by atoms with Gasteiger partial charge in [0.05, 0.1) is 11.9 Å². The standard InChI is InChI=1S/C11H8ClFN2/c12-15-11-7-14-6-5-9(11)8-3-1-2-4-10(8)13/h1-7,15H. The van der Waals surface area contributed by atoms with E-state index in [1.807, 2.05) is 0 Å². The van der Waals surface area contributed by atoms with Crippen molar-refractivity contribution in [1.82, 2.24) is 4.98 Å². The van der Waals surface area contributed by atoms with Crippen LogP contribution >= 0.6 is 11.8 Å². The average molecular weight is 223 g/mol. The van der Waals surface area contributed by atoms with Gasteiger partial charge >= 0.3 is 0 Å². The summed E-state index contributed by atoms with van der Waals surface area (Å²) in [5.74, 6) is -0.281. The number of nitrogens with one attached hydrogen (secondary N) is 1. The number of pyridine rings is 1. The van der Waals surface area contributed by atoms with Gasteiger partial charge < -0.3 is 0 Å². The molecule has 0 spiro atoms. The summed E-state index contributed by atoms with van der Waals surface area (Å²) >= 11 is 5.52. The molecule has 1 aromatic heterocycles. The second kappa shape index (κ2) is 4.28. The maximum absolute atomic E-state index is 13.5. The molecular formula is C11H8ClFN2. The Morgan fingerprint density at radius 1 is 1.13 bits per heavy atom. The van der Waals surface area contributed by atoms with Crippen LogP contribution in [0.15, 0.2) is 42.7 Å². The molecule has 1 aromatic carbocycles. The molecule has 0 aliphatic rings. The Bertz CT molecular complexity index is 474. The Kier molecular flexibility index (Phi) is 2.83. The number of halogens is 2. The van der Waals surface area contributed by atoms with Crippen LogP contribution in [0.3, 0.4) is 0 Å². The predicted molar refractivity (Wildman–Crippen MR) is 59.1 cm³/mol. The van der Waals surface area contributed by atoms with Crippen molar-refractivity contribution in [2.24, 2.45) is 0 Å². The highest BCUT2D eigenvalue weighted by atomic mass is 35.5. The molecule has 0 amide bonds. The minimum absolute atomic E-state index is 0.281. The molecule has 0 saturated heterocycles. The van der Waals surface area contributed by atoms with E-state index in [4.69, 9.17) is 11.8 Å². The van der Waals surface area contributed by atoms with Crippen molar-refractivity contribution < 1.29 is 4.39 Å². The molecule has 4 heteroatoms. The SMILES string of the molecule is Fc1ccccc1-c1ccncc1NCl. The molecule has 2 nitrogen and oxygen atoms in total. The van der Waals surface area contributed by atoms with Crippen LogP contribution in [-0.4, -0.2) is 4.98 Å². The van der Waals surface area contributed by atoms with Crippen molar-refractivity contribution in [3.8, 4) is 11.1 Å². The van der Waals surface area contributed by atoms with Crippen LogP contribution in [-0.2, 0) is 0 Å². The largest absolute Gasteiger partial charge is 0.296 e. The van der Waals surface area contributed by atoms with Gasteiger partial charge in [0.2, 0.25) is 0 Å². The second-order valence-electron chi connectivity index (χ2n) is 3.00. The molecule has 1 heterocycles. The van der Waals surface area contributed by atoms with Gasteiger partial charge in [-0.1, -0.05) is 18.2 Å². The Labute approximate surface area is 91.8 Å². The zero-order chi connectivity index (χ0) is 10.7. The van der Waals surface area contributed by atoms with Gasteiger partial charge in [-0.15, -0.1) is 0 Å². The summed E-state index contributed by atoms with van der Waals surface area (Å²) < 4.78 is 13.5. The average Bonchev–Trinajstić information content (AvgIpc) is 2.30. The van der Waals surface area contributed by atoms with E-state index in [-0.39, 0.29) is 5.82 Å². The Morgan fingerprint density at radius 2 is 1.93 bits per heavy atom. The third-order valence-corrected chi connectivity index (χ3v) is 2.29. The number of benzene rings is 1. The molecule has 15 heavy (non-hydrogen) atoms. The fourth-order valence-electron chi connectivity index (χ4n) is 1.38. The molecule has 0 aliphatic carbocycles. The molecular weight excluding hydrogens is 215 g/mol. The lowest BCUT2D eigenvalue weighted by Gasteiger charge is -2.07. The summed E-state index contributed by atoms with van der Waals surface area (Å²) in [6, 6.07) is 8.24. The first-order valence-electron chi connectivity index (χ1n) is 4.38. The molecule has 0 bridgehead atoms. The van der Waals surface area contributed by atoms with Crippen molar-refractivity contribution in [3.05, 3.63) is 48.5 Å². The number of anilines is 1. The lowest BCUT2D eigenvalue weighted by Crippen LogP contribution is -1.90. The maximum Gasteiger partial charge on any atom is 0.131 e. The predicted octanol–water partition coefficient (Wildman–Crippen LogP) is 3.45. The van der Waals surface area contributed by atoms with Crippen LogP contribution in [0.4, 0.5) is 10.1 Å². The van der Waals surface area contributed by atoms with Crippen LogP contribution in [0.5, 0.6) is 0 Å². The van der Waals surface area contributed by atoms with E-state index in [0.29, 0.717) is 16.8 Å². The van der Waals surface area contributed by atoms with Crippen LogP contribution in [0.1, 0.15) is 0 Å².